The van der Waals surface area contributed by atoms with Crippen LogP contribution in [0.5, 0.6) is 0 Å². The Balaban J connectivity index is 0.00000218. The smallest absolute Gasteiger partial charge is 0.191 e. The Morgan fingerprint density at radius 1 is 1.30 bits per heavy atom. The highest BCUT2D eigenvalue weighted by Gasteiger charge is 2.65. The second kappa shape index (κ2) is 8.96. The number of aromatic nitrogens is 2. The standard InChI is InChI=1S/C23H37N5O.HI/c1-4-24-22(25-17-8-7-16-14-28(15(2)3)27-19(16)13-17)26-20-18-9-12-29-21(18)23(20)10-5-6-11-23;/h14-15,17-18,20-21H,4-13H2,1-3H3,(H2,24,25,26);1H. The summed E-state index contributed by atoms with van der Waals surface area (Å²) < 4.78 is 8.28. The van der Waals surface area contributed by atoms with Gasteiger partial charge in [0.2, 0.25) is 0 Å². The zero-order valence-electron chi connectivity index (χ0n) is 18.7. The van der Waals surface area contributed by atoms with Crippen molar-refractivity contribution in [2.45, 2.75) is 96.4 Å². The van der Waals surface area contributed by atoms with Gasteiger partial charge in [-0.2, -0.15) is 5.10 Å². The minimum atomic E-state index is 0. The summed E-state index contributed by atoms with van der Waals surface area (Å²) in [7, 11) is 0. The van der Waals surface area contributed by atoms with Crippen LogP contribution in [-0.2, 0) is 17.6 Å². The molecule has 7 heteroatoms. The van der Waals surface area contributed by atoms with Gasteiger partial charge in [-0.1, -0.05) is 12.8 Å². The van der Waals surface area contributed by atoms with Gasteiger partial charge in [0.25, 0.3) is 0 Å². The van der Waals surface area contributed by atoms with Crippen LogP contribution in [-0.4, -0.2) is 47.1 Å². The maximum Gasteiger partial charge on any atom is 0.191 e. The van der Waals surface area contributed by atoms with E-state index in [-0.39, 0.29) is 24.0 Å². The fraction of sp³-hybridized carbons (Fsp3) is 0.826. The fourth-order valence-corrected chi connectivity index (χ4v) is 6.44. The van der Waals surface area contributed by atoms with E-state index in [0.717, 1.165) is 38.4 Å². The molecule has 0 aromatic carbocycles. The molecular weight excluding hydrogens is 489 g/mol. The number of hydrogen-bond donors (Lipinski definition) is 2. The van der Waals surface area contributed by atoms with Gasteiger partial charge in [-0.25, -0.2) is 0 Å². The van der Waals surface area contributed by atoms with Gasteiger partial charge >= 0.3 is 0 Å². The summed E-state index contributed by atoms with van der Waals surface area (Å²) in [6.45, 7) is 8.26. The van der Waals surface area contributed by atoms with Crippen molar-refractivity contribution in [2.75, 3.05) is 13.2 Å². The molecule has 0 radical (unpaired) electrons. The van der Waals surface area contributed by atoms with E-state index >= 15 is 0 Å². The molecule has 6 nitrogen and oxygen atoms in total. The van der Waals surface area contributed by atoms with E-state index in [4.69, 9.17) is 14.8 Å². The number of nitrogens with one attached hydrogen (secondary N) is 2. The van der Waals surface area contributed by atoms with Gasteiger partial charge in [0, 0.05) is 55.2 Å². The second-order valence-electron chi connectivity index (χ2n) is 9.89. The molecule has 168 valence electrons. The van der Waals surface area contributed by atoms with Crippen LogP contribution in [0.1, 0.15) is 76.6 Å². The molecule has 2 heterocycles. The van der Waals surface area contributed by atoms with E-state index in [2.05, 4.69) is 42.3 Å². The number of aryl methyl sites for hydroxylation is 1. The average Bonchev–Trinajstić information content (AvgIpc) is 3.43. The zero-order valence-corrected chi connectivity index (χ0v) is 21.0. The number of aliphatic imine (C=N–C) groups is 1. The number of nitrogens with zero attached hydrogens (tertiary/aromatic N) is 3. The Morgan fingerprint density at radius 2 is 2.10 bits per heavy atom. The van der Waals surface area contributed by atoms with Gasteiger partial charge < -0.3 is 15.4 Å². The lowest BCUT2D eigenvalue weighted by Crippen LogP contribution is -2.69. The van der Waals surface area contributed by atoms with Crippen molar-refractivity contribution in [1.82, 2.24) is 20.4 Å². The van der Waals surface area contributed by atoms with Crippen LogP contribution < -0.4 is 10.6 Å². The third-order valence-corrected chi connectivity index (χ3v) is 7.86. The molecule has 4 atom stereocenters. The van der Waals surface area contributed by atoms with Crippen molar-refractivity contribution in [3.05, 3.63) is 17.5 Å². The monoisotopic (exact) mass is 527 g/mol. The fourth-order valence-electron chi connectivity index (χ4n) is 6.44. The van der Waals surface area contributed by atoms with Crippen LogP contribution in [0.3, 0.4) is 0 Å². The van der Waals surface area contributed by atoms with Crippen molar-refractivity contribution in [3.63, 3.8) is 0 Å². The van der Waals surface area contributed by atoms with Gasteiger partial charge in [0.1, 0.15) is 0 Å². The molecule has 1 saturated heterocycles. The minimum absolute atomic E-state index is 0. The largest absolute Gasteiger partial charge is 0.377 e. The Labute approximate surface area is 198 Å². The highest BCUT2D eigenvalue weighted by Crippen LogP contribution is 2.60. The molecule has 30 heavy (non-hydrogen) atoms. The molecule has 1 aromatic heterocycles. The first kappa shape index (κ1) is 22.4. The summed E-state index contributed by atoms with van der Waals surface area (Å²) in [5.74, 6) is 1.67. The highest BCUT2D eigenvalue weighted by atomic mass is 127. The Kier molecular flexibility index (Phi) is 6.68. The average molecular weight is 527 g/mol. The number of rotatable bonds is 4. The molecule has 4 unspecified atom stereocenters. The maximum atomic E-state index is 6.16. The lowest BCUT2D eigenvalue weighted by atomic mass is 9.54. The predicted octanol–water partition coefficient (Wildman–Crippen LogP) is 3.84. The zero-order chi connectivity index (χ0) is 20.0. The van der Waals surface area contributed by atoms with Crippen molar-refractivity contribution < 1.29 is 4.74 Å². The summed E-state index contributed by atoms with van der Waals surface area (Å²) >= 11 is 0. The molecular formula is C23H38IN5O. The van der Waals surface area contributed by atoms with Crippen molar-refractivity contribution >= 4 is 29.9 Å². The van der Waals surface area contributed by atoms with Crippen LogP contribution in [0.25, 0.3) is 0 Å². The summed E-state index contributed by atoms with van der Waals surface area (Å²) in [5.41, 5.74) is 3.04. The molecule has 1 spiro atoms. The van der Waals surface area contributed by atoms with Gasteiger partial charge in [-0.05, 0) is 58.4 Å². The molecule has 2 N–H and O–H groups in total. The van der Waals surface area contributed by atoms with Crippen molar-refractivity contribution in [3.8, 4) is 0 Å². The maximum absolute atomic E-state index is 6.16. The minimum Gasteiger partial charge on any atom is -0.377 e. The molecule has 4 aliphatic rings. The number of halogens is 1. The number of ether oxygens (including phenoxy) is 1. The number of hydrogen-bond acceptors (Lipinski definition) is 3. The van der Waals surface area contributed by atoms with Crippen LogP contribution in [0.4, 0.5) is 0 Å². The van der Waals surface area contributed by atoms with E-state index in [9.17, 15) is 0 Å². The van der Waals surface area contributed by atoms with Crippen molar-refractivity contribution in [2.24, 2.45) is 16.3 Å². The molecule has 0 bridgehead atoms. The molecule has 0 amide bonds. The van der Waals surface area contributed by atoms with E-state index in [1.54, 1.807) is 0 Å². The second-order valence-corrected chi connectivity index (χ2v) is 9.89. The van der Waals surface area contributed by atoms with Gasteiger partial charge in [0.05, 0.1) is 11.8 Å². The first-order chi connectivity index (χ1) is 14.1. The summed E-state index contributed by atoms with van der Waals surface area (Å²) in [4.78, 5) is 4.83. The highest BCUT2D eigenvalue weighted by molar-refractivity contribution is 14.0. The number of guanidine groups is 1. The van der Waals surface area contributed by atoms with E-state index in [0.29, 0.717) is 35.6 Å². The molecule has 5 rings (SSSR count). The summed E-state index contributed by atoms with van der Waals surface area (Å²) in [6, 6.07) is 1.36. The van der Waals surface area contributed by atoms with E-state index < -0.39 is 0 Å². The van der Waals surface area contributed by atoms with Gasteiger partial charge in [-0.15, -0.1) is 24.0 Å². The quantitative estimate of drug-likeness (QED) is 0.355. The van der Waals surface area contributed by atoms with E-state index in [1.807, 2.05) is 0 Å². The van der Waals surface area contributed by atoms with Gasteiger partial charge in [0.15, 0.2) is 5.96 Å². The lowest BCUT2D eigenvalue weighted by molar-refractivity contribution is -0.125. The van der Waals surface area contributed by atoms with Crippen LogP contribution in [0, 0.1) is 11.3 Å². The SMILES string of the molecule is CCN=C(NC1CCc2cn(C(C)C)nc2C1)NC1C2CCOC2C12CCCC2.I. The first-order valence-corrected chi connectivity index (χ1v) is 11.9. The number of fused-ring (bicyclic) bond motifs is 3. The van der Waals surface area contributed by atoms with Crippen LogP contribution >= 0.6 is 24.0 Å². The molecule has 3 fully saturated rings. The molecule has 3 aliphatic carbocycles. The normalized spacial score (nSPS) is 31.8. The lowest BCUT2D eigenvalue weighted by Gasteiger charge is -2.57. The third-order valence-electron chi connectivity index (χ3n) is 7.86. The Bertz CT molecular complexity index is 770. The predicted molar refractivity (Wildman–Crippen MR) is 131 cm³/mol. The molecule has 1 aliphatic heterocycles. The third kappa shape index (κ3) is 3.78. The van der Waals surface area contributed by atoms with Crippen LogP contribution in [0.2, 0.25) is 0 Å². The Hall–Kier alpha value is -0.830. The van der Waals surface area contributed by atoms with Crippen LogP contribution in [0.15, 0.2) is 11.2 Å². The molecule has 1 aromatic rings. The first-order valence-electron chi connectivity index (χ1n) is 11.9. The molecule has 2 saturated carbocycles. The summed E-state index contributed by atoms with van der Waals surface area (Å²) in [6.07, 6.45) is 12.5. The summed E-state index contributed by atoms with van der Waals surface area (Å²) in [5, 5.41) is 12.5. The van der Waals surface area contributed by atoms with Gasteiger partial charge in [-0.3, -0.25) is 9.67 Å². The Morgan fingerprint density at radius 3 is 2.83 bits per heavy atom. The topological polar surface area (TPSA) is 63.5 Å². The van der Waals surface area contributed by atoms with E-state index in [1.165, 1.54) is 43.4 Å². The van der Waals surface area contributed by atoms with Crippen molar-refractivity contribution in [1.29, 1.82) is 0 Å².